The summed E-state index contributed by atoms with van der Waals surface area (Å²) in [7, 11) is 0. The number of carbonyl (C=O) groups excluding carboxylic acids is 1. The average Bonchev–Trinajstić information content (AvgIpc) is 3.21. The summed E-state index contributed by atoms with van der Waals surface area (Å²) in [5, 5.41) is 5.65. The van der Waals surface area contributed by atoms with E-state index in [1.165, 1.54) is 6.20 Å². The van der Waals surface area contributed by atoms with Gasteiger partial charge in [-0.2, -0.15) is 4.98 Å². The molecule has 3 aromatic rings. The Bertz CT molecular complexity index is 1320. The fraction of sp³-hybridized carbons (Fsp3) is 0.500. The molecule has 0 spiro atoms. The van der Waals surface area contributed by atoms with Crippen molar-refractivity contribution >= 4 is 46.3 Å². The highest BCUT2D eigenvalue weighted by molar-refractivity contribution is 6.30. The number of aromatic nitrogens is 4. The van der Waals surface area contributed by atoms with Gasteiger partial charge in [-0.1, -0.05) is 11.6 Å². The highest BCUT2D eigenvalue weighted by Crippen LogP contribution is 2.38. The van der Waals surface area contributed by atoms with Gasteiger partial charge in [0.05, 0.1) is 16.9 Å². The number of halogens is 5. The fourth-order valence-electron chi connectivity index (χ4n) is 5.12. The number of amides is 1. The number of benzene rings is 1. The number of nitrogens with two attached hydrogens (primary N) is 1. The van der Waals surface area contributed by atoms with E-state index < -0.39 is 17.6 Å². The molecule has 4 N–H and O–H groups in total. The van der Waals surface area contributed by atoms with Crippen molar-refractivity contribution in [2.45, 2.75) is 69.4 Å². The smallest absolute Gasteiger partial charge is 0.248 e. The molecule has 2 fully saturated rings. The highest BCUT2D eigenvalue weighted by atomic mass is 35.5. The predicted octanol–water partition coefficient (Wildman–Crippen LogP) is 5.71. The van der Waals surface area contributed by atoms with E-state index in [1.54, 1.807) is 4.57 Å². The molecule has 2 aliphatic carbocycles. The van der Waals surface area contributed by atoms with Crippen LogP contribution in [0.2, 0.25) is 5.02 Å². The molecule has 0 unspecified atom stereocenters. The van der Waals surface area contributed by atoms with Crippen LogP contribution >= 0.6 is 11.6 Å². The van der Waals surface area contributed by atoms with Gasteiger partial charge in [-0.15, -0.1) is 0 Å². The number of nitrogens with one attached hydrogen (secondary N) is 2. The average molecular weight is 540 g/mol. The maximum Gasteiger partial charge on any atom is 0.248 e. The van der Waals surface area contributed by atoms with Gasteiger partial charge in [0.1, 0.15) is 17.2 Å². The zero-order chi connectivity index (χ0) is 26.3. The molecule has 2 aliphatic rings. The first kappa shape index (κ1) is 25.5. The van der Waals surface area contributed by atoms with Gasteiger partial charge in [0.25, 0.3) is 0 Å². The van der Waals surface area contributed by atoms with Crippen molar-refractivity contribution < 1.29 is 22.4 Å². The Morgan fingerprint density at radius 1 is 1.05 bits per heavy atom. The second-order valence-corrected chi connectivity index (χ2v) is 10.2. The summed E-state index contributed by atoms with van der Waals surface area (Å²) in [6.45, 7) is 0. The van der Waals surface area contributed by atoms with Crippen LogP contribution in [0, 0.1) is 17.6 Å². The van der Waals surface area contributed by atoms with Crippen molar-refractivity contribution in [3.63, 3.8) is 0 Å². The Morgan fingerprint density at radius 2 is 1.76 bits per heavy atom. The molecule has 0 aliphatic heterocycles. The fourth-order valence-corrected chi connectivity index (χ4v) is 5.27. The molecule has 0 bridgehead atoms. The second kappa shape index (κ2) is 9.96. The predicted molar refractivity (Wildman–Crippen MR) is 131 cm³/mol. The number of alkyl halides is 2. The van der Waals surface area contributed by atoms with E-state index in [-0.39, 0.29) is 59.4 Å². The zero-order valence-corrected chi connectivity index (χ0v) is 20.5. The lowest BCUT2D eigenvalue weighted by Gasteiger charge is -2.29. The molecule has 2 heterocycles. The van der Waals surface area contributed by atoms with E-state index in [0.717, 1.165) is 12.1 Å². The zero-order valence-electron chi connectivity index (χ0n) is 19.8. The lowest BCUT2D eigenvalue weighted by molar-refractivity contribution is -0.122. The Labute approximate surface area is 215 Å². The summed E-state index contributed by atoms with van der Waals surface area (Å²) in [5.74, 6) is -4.29. The van der Waals surface area contributed by atoms with Crippen LogP contribution in [0.25, 0.3) is 11.2 Å². The molecular formula is C24H26ClF4N7O. The van der Waals surface area contributed by atoms with Gasteiger partial charge in [-0.05, 0) is 44.6 Å². The lowest BCUT2D eigenvalue weighted by Crippen LogP contribution is -2.32. The number of hydrogen-bond acceptors (Lipinski definition) is 6. The molecule has 0 saturated heterocycles. The summed E-state index contributed by atoms with van der Waals surface area (Å²) in [4.78, 5) is 25.1. The first-order valence-electron chi connectivity index (χ1n) is 12.2. The second-order valence-electron chi connectivity index (χ2n) is 9.76. The van der Waals surface area contributed by atoms with E-state index in [1.807, 2.05) is 0 Å². The van der Waals surface area contributed by atoms with Crippen molar-refractivity contribution in [3.8, 4) is 0 Å². The standard InChI is InChI=1S/C24H26ClF4N7O/c25-15-9-17(27)18(10-16(15)26)33-23-34-19-11-31-22(32-13-5-7-24(28,29)8-6-13)35-21(19)36(23)14-3-1-12(2-4-14)20(30)37/h9-14H,1-8H2,(H2,30,37)(H,33,34)(H,31,32,35)/t12-,14+. The number of carbonyl (C=O) groups is 1. The van der Waals surface area contributed by atoms with Crippen LogP contribution in [0.4, 0.5) is 35.1 Å². The molecule has 2 aromatic heterocycles. The lowest BCUT2D eigenvalue weighted by atomic mass is 9.85. The Hall–Kier alpha value is -3.15. The van der Waals surface area contributed by atoms with Gasteiger partial charge < -0.3 is 16.4 Å². The Kier molecular flexibility index (Phi) is 6.86. The van der Waals surface area contributed by atoms with Crippen LogP contribution in [0.5, 0.6) is 0 Å². The third-order valence-corrected chi connectivity index (χ3v) is 7.49. The van der Waals surface area contributed by atoms with Gasteiger partial charge >= 0.3 is 0 Å². The number of rotatable bonds is 6. The number of primary amides is 1. The number of anilines is 3. The highest BCUT2D eigenvalue weighted by Gasteiger charge is 2.35. The monoisotopic (exact) mass is 539 g/mol. The minimum atomic E-state index is -2.65. The van der Waals surface area contributed by atoms with Crippen LogP contribution in [-0.4, -0.2) is 37.4 Å². The van der Waals surface area contributed by atoms with E-state index >= 15 is 0 Å². The SMILES string of the molecule is NC(=O)[C@H]1CC[C@@H](n2c(Nc3cc(F)c(Cl)cc3F)nc3cnc(NC4CCC(F)(F)CC4)nc32)CC1. The molecule has 1 aromatic carbocycles. The molecule has 198 valence electrons. The molecule has 13 heteroatoms. The van der Waals surface area contributed by atoms with Gasteiger partial charge in [-0.3, -0.25) is 9.36 Å². The summed E-state index contributed by atoms with van der Waals surface area (Å²) < 4.78 is 57.5. The maximum absolute atomic E-state index is 14.6. The van der Waals surface area contributed by atoms with Gasteiger partial charge in [0.2, 0.25) is 23.7 Å². The quantitative estimate of drug-likeness (QED) is 0.273. The van der Waals surface area contributed by atoms with Crippen molar-refractivity contribution in [2.75, 3.05) is 10.6 Å². The first-order valence-corrected chi connectivity index (χ1v) is 12.6. The topological polar surface area (TPSA) is 111 Å². The van der Waals surface area contributed by atoms with Gasteiger partial charge in [0.15, 0.2) is 5.65 Å². The minimum absolute atomic E-state index is 0.153. The molecule has 5 rings (SSSR count). The van der Waals surface area contributed by atoms with E-state index in [2.05, 4.69) is 25.6 Å². The van der Waals surface area contributed by atoms with Crippen LogP contribution in [-0.2, 0) is 4.79 Å². The Morgan fingerprint density at radius 3 is 2.43 bits per heavy atom. The molecule has 8 nitrogen and oxygen atoms in total. The first-order chi connectivity index (χ1) is 17.6. The summed E-state index contributed by atoms with van der Waals surface area (Å²) >= 11 is 5.69. The molecule has 1 amide bonds. The summed E-state index contributed by atoms with van der Waals surface area (Å²) in [6, 6.07) is 1.48. The van der Waals surface area contributed by atoms with Crippen LogP contribution < -0.4 is 16.4 Å². The van der Waals surface area contributed by atoms with Crippen LogP contribution in [0.15, 0.2) is 18.3 Å². The van der Waals surface area contributed by atoms with Crippen molar-refractivity contribution in [1.82, 2.24) is 19.5 Å². The number of imidazole rings is 1. The van der Waals surface area contributed by atoms with Crippen molar-refractivity contribution in [1.29, 1.82) is 0 Å². The van der Waals surface area contributed by atoms with E-state index in [4.69, 9.17) is 17.3 Å². The van der Waals surface area contributed by atoms with Gasteiger partial charge in [-0.25, -0.2) is 27.5 Å². The largest absolute Gasteiger partial charge is 0.369 e. The number of fused-ring (bicyclic) bond motifs is 1. The molecule has 0 radical (unpaired) electrons. The van der Waals surface area contributed by atoms with E-state index in [0.29, 0.717) is 49.7 Å². The molecular weight excluding hydrogens is 514 g/mol. The number of nitrogens with zero attached hydrogens (tertiary/aromatic N) is 4. The molecule has 37 heavy (non-hydrogen) atoms. The van der Waals surface area contributed by atoms with Gasteiger partial charge in [0, 0.05) is 36.9 Å². The third kappa shape index (κ3) is 5.43. The number of hydrogen-bond donors (Lipinski definition) is 3. The van der Waals surface area contributed by atoms with Crippen molar-refractivity contribution in [2.24, 2.45) is 11.7 Å². The minimum Gasteiger partial charge on any atom is -0.369 e. The Balaban J connectivity index is 1.48. The van der Waals surface area contributed by atoms with E-state index in [9.17, 15) is 22.4 Å². The summed E-state index contributed by atoms with van der Waals surface area (Å²) in [6.07, 6.45) is 3.99. The van der Waals surface area contributed by atoms with Crippen LogP contribution in [0.1, 0.15) is 57.4 Å². The summed E-state index contributed by atoms with van der Waals surface area (Å²) in [5.41, 5.74) is 6.19. The molecule has 0 atom stereocenters. The van der Waals surface area contributed by atoms with Crippen molar-refractivity contribution in [3.05, 3.63) is 35.0 Å². The normalized spacial score (nSPS) is 22.2. The van der Waals surface area contributed by atoms with Crippen LogP contribution in [0.3, 0.4) is 0 Å². The maximum atomic E-state index is 14.6. The third-order valence-electron chi connectivity index (χ3n) is 7.20. The molecule has 2 saturated carbocycles.